The lowest BCUT2D eigenvalue weighted by atomic mass is 9.36. The topological polar surface area (TPSA) is 0 Å². The number of rotatable bonds is 49. The molecule has 0 bridgehead atoms. The van der Waals surface area contributed by atoms with Crippen LogP contribution in [0, 0.1) is 21.7 Å². The van der Waals surface area contributed by atoms with Crippen molar-refractivity contribution in [2.75, 3.05) is 0 Å². The molecule has 0 aliphatic rings. The Labute approximate surface area is 384 Å². The van der Waals surface area contributed by atoms with Crippen molar-refractivity contribution >= 4 is 0 Å². The third kappa shape index (κ3) is 22.8. The molecule has 0 radical (unpaired) electrons. The quantitative estimate of drug-likeness (QED) is 0.0535. The van der Waals surface area contributed by atoms with Gasteiger partial charge in [-0.1, -0.05) is 313 Å². The first-order valence-electron chi connectivity index (χ1n) is 29.3. The van der Waals surface area contributed by atoms with E-state index < -0.39 is 0 Å². The van der Waals surface area contributed by atoms with E-state index in [-0.39, 0.29) is 0 Å². The normalized spacial score (nSPS) is 16.1. The van der Waals surface area contributed by atoms with Gasteiger partial charge in [-0.25, -0.2) is 0 Å². The van der Waals surface area contributed by atoms with E-state index in [2.05, 4.69) is 69.2 Å². The van der Waals surface area contributed by atoms with Gasteiger partial charge in [-0.3, -0.25) is 0 Å². The van der Waals surface area contributed by atoms with Crippen LogP contribution in [-0.4, -0.2) is 0 Å². The van der Waals surface area contributed by atoms with Gasteiger partial charge in [0.05, 0.1) is 0 Å². The molecule has 0 heterocycles. The van der Waals surface area contributed by atoms with Crippen molar-refractivity contribution in [1.82, 2.24) is 0 Å². The second kappa shape index (κ2) is 40.5. The molecule has 4 unspecified atom stereocenters. The van der Waals surface area contributed by atoms with E-state index in [9.17, 15) is 0 Å². The van der Waals surface area contributed by atoms with Crippen LogP contribution >= 0.6 is 0 Å². The molecule has 0 rings (SSSR count). The second-order valence-corrected chi connectivity index (χ2v) is 21.6. The van der Waals surface area contributed by atoms with Crippen LogP contribution in [0.2, 0.25) is 0 Å². The third-order valence-electron chi connectivity index (χ3n) is 17.0. The summed E-state index contributed by atoms with van der Waals surface area (Å²) in [5.41, 5.74) is 1.75. The molecule has 0 aliphatic carbocycles. The third-order valence-corrected chi connectivity index (χ3v) is 17.0. The van der Waals surface area contributed by atoms with E-state index in [4.69, 9.17) is 0 Å². The molecule has 0 aliphatic heterocycles. The first-order valence-corrected chi connectivity index (χ1v) is 29.3. The van der Waals surface area contributed by atoms with E-state index in [0.29, 0.717) is 21.7 Å². The van der Waals surface area contributed by atoms with Crippen LogP contribution in [0.15, 0.2) is 0 Å². The summed E-state index contributed by atoms with van der Waals surface area (Å²) in [6, 6.07) is 0. The standard InChI is InChI=1S/C60H122/c1-11-20-27-32-36-38-42-47-53-58(51-45-40-35-30-23-14-4,52-46-41-37-33-28-21-12-2)60(55-43-25-16-6,56-48-31-24-15-5)59(49-18-8,54-26-17-7)57(10,19-9)50-44-39-34-29-22-13-3/h11-56H2,1-10H3. The molecule has 0 amide bonds. The Morgan fingerprint density at radius 2 is 0.450 bits per heavy atom. The predicted molar refractivity (Wildman–Crippen MR) is 279 cm³/mol. The van der Waals surface area contributed by atoms with E-state index in [0.717, 1.165) is 0 Å². The lowest BCUT2D eigenvalue weighted by Gasteiger charge is -2.68. The smallest absolute Gasteiger partial charge is 0.0179 e. The Hall–Kier alpha value is 0. The molecule has 0 aromatic heterocycles. The van der Waals surface area contributed by atoms with Gasteiger partial charge in [0.1, 0.15) is 0 Å². The average Bonchev–Trinajstić information content (AvgIpc) is 3.25. The van der Waals surface area contributed by atoms with Crippen molar-refractivity contribution < 1.29 is 0 Å². The molecule has 0 heteroatoms. The lowest BCUT2D eigenvalue weighted by molar-refractivity contribution is -0.195. The zero-order chi connectivity index (χ0) is 44.5. The van der Waals surface area contributed by atoms with E-state index in [1.807, 2.05) is 0 Å². The maximum atomic E-state index is 2.94. The Bertz CT molecular complexity index is 858. The van der Waals surface area contributed by atoms with Gasteiger partial charge in [0.15, 0.2) is 0 Å². The minimum atomic E-state index is 0.408. The van der Waals surface area contributed by atoms with Crippen molar-refractivity contribution in [3.63, 3.8) is 0 Å². The summed E-state index contributed by atoms with van der Waals surface area (Å²) in [5.74, 6) is 0. The highest BCUT2D eigenvalue weighted by Gasteiger charge is 2.64. The molecule has 0 nitrogen and oxygen atoms in total. The zero-order valence-electron chi connectivity index (χ0n) is 44.5. The molecular formula is C60H122. The van der Waals surface area contributed by atoms with Crippen LogP contribution in [0.5, 0.6) is 0 Å². The Balaban J connectivity index is 7.97. The monoisotopic (exact) mass is 843 g/mol. The van der Waals surface area contributed by atoms with Gasteiger partial charge >= 0.3 is 0 Å². The zero-order valence-corrected chi connectivity index (χ0v) is 44.5. The minimum Gasteiger partial charge on any atom is -0.0654 e. The molecule has 0 fully saturated rings. The molecule has 4 atom stereocenters. The van der Waals surface area contributed by atoms with Crippen molar-refractivity contribution in [3.8, 4) is 0 Å². The summed E-state index contributed by atoms with van der Waals surface area (Å²) in [5, 5.41) is 0. The van der Waals surface area contributed by atoms with Crippen molar-refractivity contribution in [1.29, 1.82) is 0 Å². The summed E-state index contributed by atoms with van der Waals surface area (Å²) in [6.07, 6.45) is 67.0. The highest BCUT2D eigenvalue weighted by Crippen LogP contribution is 2.73. The molecule has 60 heavy (non-hydrogen) atoms. The van der Waals surface area contributed by atoms with Gasteiger partial charge < -0.3 is 0 Å². The molecule has 0 saturated carbocycles. The van der Waals surface area contributed by atoms with Gasteiger partial charge in [-0.15, -0.1) is 0 Å². The van der Waals surface area contributed by atoms with Crippen LogP contribution < -0.4 is 0 Å². The first kappa shape index (κ1) is 60.0. The van der Waals surface area contributed by atoms with Gasteiger partial charge in [0, 0.05) is 0 Å². The molecule has 0 spiro atoms. The number of unbranched alkanes of at least 4 members (excludes halogenated alkanes) is 29. The van der Waals surface area contributed by atoms with Crippen molar-refractivity contribution in [2.45, 2.75) is 365 Å². The molecule has 0 aromatic rings. The minimum absolute atomic E-state index is 0.408. The fourth-order valence-corrected chi connectivity index (χ4v) is 13.3. The maximum Gasteiger partial charge on any atom is -0.0179 e. The van der Waals surface area contributed by atoms with E-state index in [1.54, 1.807) is 19.3 Å². The Kier molecular flexibility index (Phi) is 40.5. The maximum absolute atomic E-state index is 2.94. The largest absolute Gasteiger partial charge is 0.0654 e. The summed E-state index contributed by atoms with van der Waals surface area (Å²) < 4.78 is 0. The summed E-state index contributed by atoms with van der Waals surface area (Å²) in [7, 11) is 0. The summed E-state index contributed by atoms with van der Waals surface area (Å²) >= 11 is 0. The Morgan fingerprint density at radius 1 is 0.200 bits per heavy atom. The van der Waals surface area contributed by atoms with Gasteiger partial charge in [0.25, 0.3) is 0 Å². The van der Waals surface area contributed by atoms with Crippen molar-refractivity contribution in [2.24, 2.45) is 21.7 Å². The summed E-state index contributed by atoms with van der Waals surface area (Å²) in [6.45, 7) is 25.3. The number of hydrogen-bond acceptors (Lipinski definition) is 0. The van der Waals surface area contributed by atoms with E-state index >= 15 is 0 Å². The fourth-order valence-electron chi connectivity index (χ4n) is 13.3. The molecule has 0 saturated heterocycles. The van der Waals surface area contributed by atoms with Crippen LogP contribution in [-0.2, 0) is 0 Å². The van der Waals surface area contributed by atoms with Crippen LogP contribution in [0.25, 0.3) is 0 Å². The van der Waals surface area contributed by atoms with Crippen LogP contribution in [0.3, 0.4) is 0 Å². The number of hydrogen-bond donors (Lipinski definition) is 0. The fraction of sp³-hybridized carbons (Fsp3) is 1.00. The lowest BCUT2D eigenvalue weighted by Crippen LogP contribution is -2.60. The van der Waals surface area contributed by atoms with Gasteiger partial charge in [-0.05, 0) is 73.0 Å². The molecule has 0 aromatic carbocycles. The van der Waals surface area contributed by atoms with Crippen LogP contribution in [0.1, 0.15) is 365 Å². The van der Waals surface area contributed by atoms with Crippen LogP contribution in [0.4, 0.5) is 0 Å². The predicted octanol–water partition coefficient (Wildman–Crippen LogP) is 23.1. The highest BCUT2D eigenvalue weighted by molar-refractivity contribution is 5.13. The summed E-state index contributed by atoms with van der Waals surface area (Å²) in [4.78, 5) is 0. The Morgan fingerprint density at radius 3 is 0.783 bits per heavy atom. The van der Waals surface area contributed by atoms with Crippen molar-refractivity contribution in [3.05, 3.63) is 0 Å². The van der Waals surface area contributed by atoms with Gasteiger partial charge in [0.2, 0.25) is 0 Å². The van der Waals surface area contributed by atoms with E-state index in [1.165, 1.54) is 276 Å². The molecule has 362 valence electrons. The first-order chi connectivity index (χ1) is 29.3. The second-order valence-electron chi connectivity index (χ2n) is 21.6. The van der Waals surface area contributed by atoms with Gasteiger partial charge in [-0.2, -0.15) is 0 Å². The average molecular weight is 844 g/mol. The SMILES string of the molecule is CCCCCCCCCCC(CCCCCCCC)(CCCCCCCCC)C(CCCCC)(CCCCCC)C(CCC)(CCCC)C(C)(CC)CCCCCCCC. The molecular weight excluding hydrogens is 721 g/mol. The molecule has 0 N–H and O–H groups in total. The highest BCUT2D eigenvalue weighted by atomic mass is 14.7.